The molecule has 2 aromatic rings. The van der Waals surface area contributed by atoms with Crippen molar-refractivity contribution in [1.29, 1.82) is 0 Å². The zero-order valence-corrected chi connectivity index (χ0v) is 15.2. The highest BCUT2D eigenvalue weighted by atomic mass is 16.5. The molecule has 2 heterocycles. The van der Waals surface area contributed by atoms with Crippen molar-refractivity contribution in [2.45, 2.75) is 19.5 Å². The molecule has 1 fully saturated rings. The van der Waals surface area contributed by atoms with Crippen molar-refractivity contribution < 1.29 is 9.32 Å². The molecule has 1 saturated heterocycles. The van der Waals surface area contributed by atoms with Crippen LogP contribution < -0.4 is 0 Å². The van der Waals surface area contributed by atoms with E-state index in [1.54, 1.807) is 4.90 Å². The minimum Gasteiger partial charge on any atom is -0.360 e. The van der Waals surface area contributed by atoms with E-state index >= 15 is 0 Å². The Kier molecular flexibility index (Phi) is 5.50. The molecule has 0 bridgehead atoms. The van der Waals surface area contributed by atoms with Crippen molar-refractivity contribution in [2.75, 3.05) is 40.3 Å². The number of hydrogen-bond acceptors (Lipinski definition) is 5. The summed E-state index contributed by atoms with van der Waals surface area (Å²) in [4.78, 5) is 19.1. The van der Waals surface area contributed by atoms with E-state index in [1.165, 1.54) is 0 Å². The number of rotatable bonds is 5. The summed E-state index contributed by atoms with van der Waals surface area (Å²) in [5.41, 5.74) is 1.97. The first-order valence-electron chi connectivity index (χ1n) is 8.69. The Labute approximate surface area is 149 Å². The van der Waals surface area contributed by atoms with Crippen LogP contribution in [-0.4, -0.2) is 66.0 Å². The molecule has 1 aliphatic heterocycles. The lowest BCUT2D eigenvalue weighted by Gasteiger charge is -2.39. The van der Waals surface area contributed by atoms with Gasteiger partial charge in [-0.1, -0.05) is 35.5 Å². The largest absolute Gasteiger partial charge is 0.360 e. The lowest BCUT2D eigenvalue weighted by Crippen LogP contribution is -2.50. The molecule has 0 aliphatic carbocycles. The zero-order valence-electron chi connectivity index (χ0n) is 15.2. The van der Waals surface area contributed by atoms with Gasteiger partial charge in [-0.15, -0.1) is 0 Å². The monoisotopic (exact) mass is 342 g/mol. The maximum Gasteiger partial charge on any atom is 0.244 e. The molecule has 0 spiro atoms. The third kappa shape index (κ3) is 4.27. The molecule has 134 valence electrons. The van der Waals surface area contributed by atoms with Crippen LogP contribution in [0.4, 0.5) is 0 Å². The lowest BCUT2D eigenvalue weighted by molar-refractivity contribution is -0.135. The third-order valence-corrected chi connectivity index (χ3v) is 4.62. The van der Waals surface area contributed by atoms with Gasteiger partial charge in [-0.2, -0.15) is 0 Å². The molecule has 6 heteroatoms. The summed E-state index contributed by atoms with van der Waals surface area (Å²) >= 11 is 0. The molecular formula is C19H26N4O2. The Bertz CT molecular complexity index is 690. The van der Waals surface area contributed by atoms with Crippen LogP contribution in [-0.2, 0) is 11.3 Å². The Morgan fingerprint density at radius 2 is 1.88 bits per heavy atom. The van der Waals surface area contributed by atoms with E-state index in [4.69, 9.17) is 4.52 Å². The van der Waals surface area contributed by atoms with E-state index in [2.05, 4.69) is 15.0 Å². The average Bonchev–Trinajstić information content (AvgIpc) is 3.02. The molecule has 1 aliphatic rings. The number of nitrogens with zero attached hydrogens (tertiary/aromatic N) is 4. The minimum absolute atomic E-state index is 0.130. The van der Waals surface area contributed by atoms with Gasteiger partial charge in [0.15, 0.2) is 5.76 Å². The van der Waals surface area contributed by atoms with Crippen molar-refractivity contribution in [3.05, 3.63) is 53.4 Å². The second kappa shape index (κ2) is 7.80. The van der Waals surface area contributed by atoms with Crippen LogP contribution in [0.5, 0.6) is 0 Å². The van der Waals surface area contributed by atoms with Crippen LogP contribution in [0.1, 0.15) is 23.1 Å². The van der Waals surface area contributed by atoms with Gasteiger partial charge >= 0.3 is 0 Å². The van der Waals surface area contributed by atoms with Crippen molar-refractivity contribution in [3.63, 3.8) is 0 Å². The maximum absolute atomic E-state index is 12.8. The zero-order chi connectivity index (χ0) is 17.8. The highest BCUT2D eigenvalue weighted by Gasteiger charge is 2.31. The van der Waals surface area contributed by atoms with Gasteiger partial charge in [0.25, 0.3) is 0 Å². The maximum atomic E-state index is 12.8. The van der Waals surface area contributed by atoms with E-state index in [0.717, 1.165) is 49.7 Å². The number of hydrogen-bond donors (Lipinski definition) is 0. The van der Waals surface area contributed by atoms with Gasteiger partial charge in [-0.05, 0) is 12.5 Å². The van der Waals surface area contributed by atoms with Crippen LogP contribution >= 0.6 is 0 Å². The Balaban J connectivity index is 1.66. The van der Waals surface area contributed by atoms with E-state index in [0.29, 0.717) is 0 Å². The predicted molar refractivity (Wildman–Crippen MR) is 96.0 cm³/mol. The molecule has 0 N–H and O–H groups in total. The first-order chi connectivity index (χ1) is 12.0. The number of aryl methyl sites for hydroxylation is 1. The molecule has 1 aromatic heterocycles. The summed E-state index contributed by atoms with van der Waals surface area (Å²) < 4.78 is 5.31. The van der Waals surface area contributed by atoms with Gasteiger partial charge in [0.05, 0.1) is 12.2 Å². The molecule has 3 rings (SSSR count). The summed E-state index contributed by atoms with van der Waals surface area (Å²) in [7, 11) is 3.64. The predicted octanol–water partition coefficient (Wildman–Crippen LogP) is 1.93. The SMILES string of the molecule is Cc1cc(CN2CCN([C@@H](C(=O)N(C)C)c3ccccc3)CC2)on1. The van der Waals surface area contributed by atoms with E-state index in [1.807, 2.05) is 57.4 Å². The van der Waals surface area contributed by atoms with Crippen molar-refractivity contribution in [2.24, 2.45) is 0 Å². The third-order valence-electron chi connectivity index (χ3n) is 4.62. The van der Waals surface area contributed by atoms with E-state index in [-0.39, 0.29) is 11.9 Å². The smallest absolute Gasteiger partial charge is 0.244 e. The average molecular weight is 342 g/mol. The number of amides is 1. The van der Waals surface area contributed by atoms with Gasteiger partial charge in [-0.3, -0.25) is 14.6 Å². The second-order valence-electron chi connectivity index (χ2n) is 6.79. The summed E-state index contributed by atoms with van der Waals surface area (Å²) in [6.45, 7) is 6.22. The standard InChI is InChI=1S/C19H26N4O2/c1-15-13-17(25-20-15)14-22-9-11-23(12-10-22)18(19(24)21(2)3)16-7-5-4-6-8-16/h4-8,13,18H,9-12,14H2,1-3H3/t18-/m1/s1. The normalized spacial score (nSPS) is 17.4. The molecule has 0 saturated carbocycles. The van der Waals surface area contributed by atoms with E-state index < -0.39 is 0 Å². The summed E-state index contributed by atoms with van der Waals surface area (Å²) in [5, 5.41) is 3.95. The molecule has 0 unspecified atom stereocenters. The Morgan fingerprint density at radius 1 is 1.20 bits per heavy atom. The number of benzene rings is 1. The van der Waals surface area contributed by atoms with Crippen LogP contribution in [0.15, 0.2) is 40.9 Å². The minimum atomic E-state index is -0.217. The number of piperazine rings is 1. The first kappa shape index (κ1) is 17.6. The number of likely N-dealkylation sites (N-methyl/N-ethyl adjacent to an activating group) is 1. The molecule has 6 nitrogen and oxygen atoms in total. The number of carbonyl (C=O) groups excluding carboxylic acids is 1. The fraction of sp³-hybridized carbons (Fsp3) is 0.474. The van der Waals surface area contributed by atoms with Crippen molar-refractivity contribution in [1.82, 2.24) is 19.9 Å². The van der Waals surface area contributed by atoms with Gasteiger partial charge in [-0.25, -0.2) is 0 Å². The molecule has 1 atom stereocenters. The second-order valence-corrected chi connectivity index (χ2v) is 6.79. The number of aromatic nitrogens is 1. The quantitative estimate of drug-likeness (QED) is 0.831. The van der Waals surface area contributed by atoms with E-state index in [9.17, 15) is 4.79 Å². The van der Waals surface area contributed by atoms with Gasteiger partial charge < -0.3 is 9.42 Å². The Morgan fingerprint density at radius 3 is 2.44 bits per heavy atom. The molecule has 1 aromatic carbocycles. The van der Waals surface area contributed by atoms with Crippen molar-refractivity contribution in [3.8, 4) is 0 Å². The van der Waals surface area contributed by atoms with Gasteiger partial charge in [0.1, 0.15) is 6.04 Å². The highest BCUT2D eigenvalue weighted by molar-refractivity contribution is 5.82. The van der Waals surface area contributed by atoms with Crippen LogP contribution in [0.25, 0.3) is 0 Å². The molecule has 1 amide bonds. The van der Waals surface area contributed by atoms with Crippen LogP contribution in [0, 0.1) is 6.92 Å². The van der Waals surface area contributed by atoms with Gasteiger partial charge in [0.2, 0.25) is 5.91 Å². The Hall–Kier alpha value is -2.18. The number of carbonyl (C=O) groups is 1. The fourth-order valence-electron chi connectivity index (χ4n) is 3.28. The molecule has 0 radical (unpaired) electrons. The van der Waals surface area contributed by atoms with Gasteiger partial charge in [0, 0.05) is 46.3 Å². The summed E-state index contributed by atoms with van der Waals surface area (Å²) in [6.07, 6.45) is 0. The fourth-order valence-corrected chi connectivity index (χ4v) is 3.28. The lowest BCUT2D eigenvalue weighted by atomic mass is 10.0. The van der Waals surface area contributed by atoms with Crippen LogP contribution in [0.3, 0.4) is 0 Å². The first-order valence-corrected chi connectivity index (χ1v) is 8.69. The highest BCUT2D eigenvalue weighted by Crippen LogP contribution is 2.24. The topological polar surface area (TPSA) is 52.8 Å². The summed E-state index contributed by atoms with van der Waals surface area (Å²) in [5.74, 6) is 1.03. The molecular weight excluding hydrogens is 316 g/mol. The molecule has 25 heavy (non-hydrogen) atoms. The van der Waals surface area contributed by atoms with Crippen LogP contribution in [0.2, 0.25) is 0 Å². The van der Waals surface area contributed by atoms with Crippen molar-refractivity contribution >= 4 is 5.91 Å². The summed E-state index contributed by atoms with van der Waals surface area (Å²) in [6, 6.07) is 11.8.